The minimum atomic E-state index is -0.203. The Morgan fingerprint density at radius 1 is 1.07 bits per heavy atom. The maximum Gasteiger partial charge on any atom is 0.133 e. The number of fused-ring (bicyclic) bond motifs is 5. The van der Waals surface area contributed by atoms with Crippen molar-refractivity contribution in [2.24, 2.45) is 34.5 Å². The third-order valence-electron chi connectivity index (χ3n) is 9.47. The largest absolute Gasteiger partial charge is 0.495 e. The van der Waals surface area contributed by atoms with Crippen molar-refractivity contribution in [2.75, 3.05) is 0 Å². The fourth-order valence-electron chi connectivity index (χ4n) is 8.06. The number of allylic oxidation sites excluding steroid dienone is 2. The smallest absolute Gasteiger partial charge is 0.133 e. The summed E-state index contributed by atoms with van der Waals surface area (Å²) in [6, 6.07) is 0. The molecule has 0 aliphatic heterocycles. The number of hydrogen-bond donors (Lipinski definition) is 0. The van der Waals surface area contributed by atoms with Crippen LogP contribution in [0.2, 0.25) is 0 Å². The van der Waals surface area contributed by atoms with Crippen LogP contribution < -0.4 is 0 Å². The summed E-state index contributed by atoms with van der Waals surface area (Å²) in [6.07, 6.45) is 16.7. The first-order valence-electron chi connectivity index (χ1n) is 11.4. The molecule has 0 aromatic heterocycles. The molecule has 0 amide bonds. The lowest BCUT2D eigenvalue weighted by atomic mass is 9.45. The van der Waals surface area contributed by atoms with Gasteiger partial charge in [-0.1, -0.05) is 6.92 Å². The molecule has 0 heterocycles. The molecule has 2 unspecified atom stereocenters. The van der Waals surface area contributed by atoms with Crippen LogP contribution in [0.15, 0.2) is 11.8 Å². The van der Waals surface area contributed by atoms with Gasteiger partial charge in [-0.3, -0.25) is 4.79 Å². The van der Waals surface area contributed by atoms with Gasteiger partial charge < -0.3 is 9.53 Å². The zero-order valence-electron chi connectivity index (χ0n) is 16.8. The maximum absolute atomic E-state index is 12.4. The van der Waals surface area contributed by atoms with E-state index in [4.69, 9.17) is 4.74 Å². The van der Waals surface area contributed by atoms with Crippen molar-refractivity contribution < 1.29 is 14.3 Å². The van der Waals surface area contributed by atoms with Crippen LogP contribution in [0.1, 0.15) is 84.0 Å². The number of rotatable bonds is 3. The van der Waals surface area contributed by atoms with E-state index in [2.05, 4.69) is 13.0 Å². The van der Waals surface area contributed by atoms with Gasteiger partial charge in [-0.25, -0.2) is 0 Å². The molecule has 0 aromatic rings. The van der Waals surface area contributed by atoms with E-state index in [-0.39, 0.29) is 10.8 Å². The lowest BCUT2D eigenvalue weighted by Gasteiger charge is -2.59. The first-order valence-corrected chi connectivity index (χ1v) is 11.4. The first-order chi connectivity index (χ1) is 13.1. The van der Waals surface area contributed by atoms with Crippen molar-refractivity contribution >= 4 is 12.1 Å². The molecule has 4 fully saturated rings. The molecule has 3 nitrogen and oxygen atoms in total. The highest BCUT2D eigenvalue weighted by Crippen LogP contribution is 2.66. The SMILES string of the molecule is C[C@]12CC[C@@H]3[C@@H](CCC4CC(=O)CC[C@@]43C=O)[C@@H]1CCC2OC1=CCCC1. The predicted octanol–water partition coefficient (Wildman–Crippen LogP) is 5.23. The third kappa shape index (κ3) is 2.59. The van der Waals surface area contributed by atoms with E-state index in [1.807, 2.05) is 0 Å². The van der Waals surface area contributed by atoms with Crippen molar-refractivity contribution in [1.29, 1.82) is 0 Å². The monoisotopic (exact) mass is 370 g/mol. The summed E-state index contributed by atoms with van der Waals surface area (Å²) in [4.78, 5) is 24.4. The molecular weight excluding hydrogens is 336 g/mol. The molecule has 4 saturated carbocycles. The van der Waals surface area contributed by atoms with Crippen molar-refractivity contribution in [3.8, 4) is 0 Å². The minimum Gasteiger partial charge on any atom is -0.495 e. The second kappa shape index (κ2) is 6.46. The van der Waals surface area contributed by atoms with Crippen LogP contribution in [-0.4, -0.2) is 18.2 Å². The van der Waals surface area contributed by atoms with E-state index < -0.39 is 0 Å². The van der Waals surface area contributed by atoms with Crippen LogP contribution in [0.4, 0.5) is 0 Å². The van der Waals surface area contributed by atoms with Gasteiger partial charge in [0.25, 0.3) is 0 Å². The number of carbonyl (C=O) groups is 2. The number of aldehydes is 1. The Morgan fingerprint density at radius 2 is 1.96 bits per heavy atom. The van der Waals surface area contributed by atoms with Crippen molar-refractivity contribution in [3.05, 3.63) is 11.8 Å². The summed E-state index contributed by atoms with van der Waals surface area (Å²) in [6.45, 7) is 2.48. The van der Waals surface area contributed by atoms with E-state index in [1.165, 1.54) is 50.6 Å². The van der Waals surface area contributed by atoms with Crippen LogP contribution >= 0.6 is 0 Å². The van der Waals surface area contributed by atoms with Crippen molar-refractivity contribution in [1.82, 2.24) is 0 Å². The summed E-state index contributed by atoms with van der Waals surface area (Å²) >= 11 is 0. The number of Topliss-reactive ketones (excluding diaryl/α,β-unsaturated/α-hetero) is 1. The molecule has 0 radical (unpaired) electrons. The minimum absolute atomic E-state index is 0.203. The fraction of sp³-hybridized carbons (Fsp3) is 0.833. The Kier molecular flexibility index (Phi) is 4.29. The summed E-state index contributed by atoms with van der Waals surface area (Å²) in [5, 5.41) is 0. The summed E-state index contributed by atoms with van der Waals surface area (Å²) in [7, 11) is 0. The second-order valence-electron chi connectivity index (χ2n) is 10.4. The topological polar surface area (TPSA) is 43.4 Å². The Morgan fingerprint density at radius 3 is 2.74 bits per heavy atom. The fourth-order valence-corrected chi connectivity index (χ4v) is 8.06. The third-order valence-corrected chi connectivity index (χ3v) is 9.47. The van der Waals surface area contributed by atoms with Crippen LogP contribution in [0.3, 0.4) is 0 Å². The van der Waals surface area contributed by atoms with Crippen LogP contribution in [0, 0.1) is 34.5 Å². The number of ether oxygens (including phenoxy) is 1. The van der Waals surface area contributed by atoms with Gasteiger partial charge in [-0.15, -0.1) is 0 Å². The van der Waals surface area contributed by atoms with E-state index in [1.54, 1.807) is 0 Å². The highest BCUT2D eigenvalue weighted by atomic mass is 16.5. The Labute approximate surface area is 163 Å². The summed E-state index contributed by atoms with van der Waals surface area (Å²) in [5.74, 6) is 3.80. The Bertz CT molecular complexity index is 667. The molecule has 3 heteroatoms. The van der Waals surface area contributed by atoms with Gasteiger partial charge in [-0.05, 0) is 87.5 Å². The zero-order valence-corrected chi connectivity index (χ0v) is 16.8. The second-order valence-corrected chi connectivity index (χ2v) is 10.4. The standard InChI is InChI=1S/C24H34O3/c1-23-12-11-21-19(7-6-16-14-17(26)10-13-24(16,21)15-25)20(23)8-9-22(23)27-18-4-2-3-5-18/h4,15-16,19-22H,2-3,5-14H2,1H3/t16?,19-,20-,21+,22?,23-,24+/m0/s1. The lowest BCUT2D eigenvalue weighted by molar-refractivity contribution is -0.155. The van der Waals surface area contributed by atoms with Crippen molar-refractivity contribution in [2.45, 2.75) is 90.1 Å². The molecule has 0 bridgehead atoms. The number of hydrogen-bond acceptors (Lipinski definition) is 3. The molecule has 0 spiro atoms. The van der Waals surface area contributed by atoms with Gasteiger partial charge in [0.05, 0.1) is 5.76 Å². The van der Waals surface area contributed by atoms with E-state index in [0.29, 0.717) is 48.4 Å². The van der Waals surface area contributed by atoms with E-state index >= 15 is 0 Å². The van der Waals surface area contributed by atoms with Crippen molar-refractivity contribution in [3.63, 3.8) is 0 Å². The number of carbonyl (C=O) groups excluding carboxylic acids is 2. The first kappa shape index (κ1) is 17.9. The Hall–Kier alpha value is -1.12. The molecule has 27 heavy (non-hydrogen) atoms. The van der Waals surface area contributed by atoms with E-state index in [0.717, 1.165) is 25.7 Å². The lowest BCUT2D eigenvalue weighted by Crippen LogP contribution is -2.56. The quantitative estimate of drug-likeness (QED) is 0.639. The molecule has 0 N–H and O–H groups in total. The summed E-state index contributed by atoms with van der Waals surface area (Å²) in [5.41, 5.74) is 0.0665. The molecule has 0 saturated heterocycles. The van der Waals surface area contributed by atoms with Crippen LogP contribution in [-0.2, 0) is 14.3 Å². The molecule has 0 aromatic carbocycles. The average Bonchev–Trinajstić information content (AvgIpc) is 3.30. The maximum atomic E-state index is 12.4. The van der Waals surface area contributed by atoms with E-state index in [9.17, 15) is 9.59 Å². The van der Waals surface area contributed by atoms with Gasteiger partial charge in [0.2, 0.25) is 0 Å². The van der Waals surface area contributed by atoms with Gasteiger partial charge in [0, 0.05) is 30.1 Å². The molecule has 5 aliphatic rings. The van der Waals surface area contributed by atoms with Gasteiger partial charge >= 0.3 is 0 Å². The molecular formula is C24H34O3. The Balaban J connectivity index is 1.39. The predicted molar refractivity (Wildman–Crippen MR) is 104 cm³/mol. The average molecular weight is 371 g/mol. The molecule has 5 rings (SSSR count). The highest BCUT2D eigenvalue weighted by Gasteiger charge is 2.62. The molecule has 148 valence electrons. The van der Waals surface area contributed by atoms with Gasteiger partial charge in [-0.2, -0.15) is 0 Å². The van der Waals surface area contributed by atoms with Gasteiger partial charge in [0.1, 0.15) is 18.2 Å². The van der Waals surface area contributed by atoms with Gasteiger partial charge in [0.15, 0.2) is 0 Å². The zero-order chi connectivity index (χ0) is 18.6. The van der Waals surface area contributed by atoms with Crippen LogP contribution in [0.5, 0.6) is 0 Å². The van der Waals surface area contributed by atoms with Crippen LogP contribution in [0.25, 0.3) is 0 Å². The number of ketones is 1. The highest BCUT2D eigenvalue weighted by molar-refractivity contribution is 5.82. The normalized spacial score (nSPS) is 49.0. The molecule has 5 aliphatic carbocycles. The summed E-state index contributed by atoms with van der Waals surface area (Å²) < 4.78 is 6.54. The molecule has 7 atom stereocenters.